The van der Waals surface area contributed by atoms with Gasteiger partial charge in [-0.05, 0) is 37.8 Å². The summed E-state index contributed by atoms with van der Waals surface area (Å²) in [6.07, 6.45) is 2.78. The monoisotopic (exact) mass is 305 g/mol. The van der Waals surface area contributed by atoms with Crippen LogP contribution in [0.2, 0.25) is 0 Å². The summed E-state index contributed by atoms with van der Waals surface area (Å²) in [5, 5.41) is 8.88. The number of ether oxygens (including phenoxy) is 1. The summed E-state index contributed by atoms with van der Waals surface area (Å²) in [6, 6.07) is 7.65. The van der Waals surface area contributed by atoms with Crippen LogP contribution >= 0.6 is 0 Å². The first-order chi connectivity index (χ1) is 10.6. The summed E-state index contributed by atoms with van der Waals surface area (Å²) in [5.74, 6) is 0.0459. The van der Waals surface area contributed by atoms with Crippen LogP contribution in [0.4, 0.5) is 0 Å². The topological polar surface area (TPSA) is 66.8 Å². The molecule has 0 radical (unpaired) electrons. The molecule has 1 heterocycles. The van der Waals surface area contributed by atoms with Crippen LogP contribution in [0.3, 0.4) is 0 Å². The maximum atomic E-state index is 12.2. The van der Waals surface area contributed by atoms with Gasteiger partial charge in [0, 0.05) is 19.0 Å². The zero-order valence-electron chi connectivity index (χ0n) is 13.0. The van der Waals surface area contributed by atoms with Gasteiger partial charge in [0.2, 0.25) is 5.91 Å². The Balaban J connectivity index is 1.73. The number of rotatable bonds is 7. The molecule has 5 nitrogen and oxygen atoms in total. The van der Waals surface area contributed by atoms with Gasteiger partial charge in [0.1, 0.15) is 5.75 Å². The Morgan fingerprint density at radius 3 is 2.86 bits per heavy atom. The number of hydrogen-bond acceptors (Lipinski definition) is 3. The third kappa shape index (κ3) is 4.48. The van der Waals surface area contributed by atoms with Crippen molar-refractivity contribution >= 4 is 11.9 Å². The van der Waals surface area contributed by atoms with E-state index in [1.54, 1.807) is 4.90 Å². The van der Waals surface area contributed by atoms with Gasteiger partial charge in [-0.2, -0.15) is 0 Å². The highest BCUT2D eigenvalue weighted by molar-refractivity contribution is 5.78. The van der Waals surface area contributed by atoms with E-state index in [9.17, 15) is 9.59 Å². The molecule has 1 aliphatic heterocycles. The second-order valence-electron chi connectivity index (χ2n) is 5.70. The number of aliphatic carboxylic acids is 1. The molecule has 0 aliphatic carbocycles. The fourth-order valence-corrected chi connectivity index (χ4v) is 2.85. The van der Waals surface area contributed by atoms with Crippen molar-refractivity contribution in [2.24, 2.45) is 0 Å². The summed E-state index contributed by atoms with van der Waals surface area (Å²) < 4.78 is 5.68. The Morgan fingerprint density at radius 2 is 2.14 bits per heavy atom. The zero-order valence-corrected chi connectivity index (χ0v) is 13.0. The minimum atomic E-state index is -0.840. The van der Waals surface area contributed by atoms with Gasteiger partial charge in [-0.1, -0.05) is 18.2 Å². The zero-order chi connectivity index (χ0) is 15.9. The van der Waals surface area contributed by atoms with Gasteiger partial charge < -0.3 is 14.7 Å². The molecule has 2 rings (SSSR count). The van der Waals surface area contributed by atoms with Gasteiger partial charge in [-0.3, -0.25) is 9.59 Å². The Bertz CT molecular complexity index is 529. The van der Waals surface area contributed by atoms with Gasteiger partial charge in [-0.15, -0.1) is 0 Å². The first-order valence-electron chi connectivity index (χ1n) is 7.77. The fraction of sp³-hybridized carbons (Fsp3) is 0.529. The standard InChI is InChI=1S/C17H23NO4/c1-13-6-2-3-8-15(13)22-11-5-9-16(19)18-10-4-7-14(18)12-17(20)21/h2-3,6,8,14H,4-5,7,9-12H2,1H3,(H,20,21). The third-order valence-corrected chi connectivity index (χ3v) is 3.99. The predicted molar refractivity (Wildman–Crippen MR) is 82.9 cm³/mol. The van der Waals surface area contributed by atoms with Crippen molar-refractivity contribution in [3.63, 3.8) is 0 Å². The number of carbonyl (C=O) groups excluding carboxylic acids is 1. The number of carboxylic acids is 1. The van der Waals surface area contributed by atoms with Gasteiger partial charge in [0.05, 0.1) is 13.0 Å². The molecular formula is C17H23NO4. The van der Waals surface area contributed by atoms with E-state index in [-0.39, 0.29) is 18.4 Å². The molecular weight excluding hydrogens is 282 g/mol. The lowest BCUT2D eigenvalue weighted by Gasteiger charge is -2.23. The van der Waals surface area contributed by atoms with Crippen molar-refractivity contribution in [3.8, 4) is 5.75 Å². The Labute approximate surface area is 130 Å². The molecule has 1 aromatic rings. The summed E-state index contributed by atoms with van der Waals surface area (Å²) in [5.41, 5.74) is 1.08. The number of aryl methyl sites for hydroxylation is 1. The molecule has 0 spiro atoms. The van der Waals surface area contributed by atoms with E-state index in [0.29, 0.717) is 26.0 Å². The molecule has 120 valence electrons. The number of nitrogens with zero attached hydrogens (tertiary/aromatic N) is 1. The molecule has 1 unspecified atom stereocenters. The lowest BCUT2D eigenvalue weighted by Crippen LogP contribution is -2.36. The Morgan fingerprint density at radius 1 is 1.36 bits per heavy atom. The van der Waals surface area contributed by atoms with Crippen molar-refractivity contribution < 1.29 is 19.4 Å². The normalized spacial score (nSPS) is 17.5. The summed E-state index contributed by atoms with van der Waals surface area (Å²) >= 11 is 0. The number of likely N-dealkylation sites (tertiary alicyclic amines) is 1. The maximum Gasteiger partial charge on any atom is 0.305 e. The molecule has 1 amide bonds. The van der Waals surface area contributed by atoms with E-state index in [2.05, 4.69) is 0 Å². The summed E-state index contributed by atoms with van der Waals surface area (Å²) in [7, 11) is 0. The van der Waals surface area contributed by atoms with Crippen molar-refractivity contribution in [1.82, 2.24) is 4.90 Å². The molecule has 1 atom stereocenters. The van der Waals surface area contributed by atoms with E-state index in [1.165, 1.54) is 0 Å². The second kappa shape index (κ2) is 7.82. The quantitative estimate of drug-likeness (QED) is 0.786. The van der Waals surface area contributed by atoms with E-state index < -0.39 is 5.97 Å². The predicted octanol–water partition coefficient (Wildman–Crippen LogP) is 2.62. The molecule has 5 heteroatoms. The van der Waals surface area contributed by atoms with Crippen LogP contribution in [-0.2, 0) is 9.59 Å². The van der Waals surface area contributed by atoms with Crippen LogP contribution in [0.1, 0.15) is 37.7 Å². The molecule has 1 saturated heterocycles. The van der Waals surface area contributed by atoms with E-state index >= 15 is 0 Å². The lowest BCUT2D eigenvalue weighted by atomic mass is 10.1. The maximum absolute atomic E-state index is 12.2. The highest BCUT2D eigenvalue weighted by atomic mass is 16.5. The van der Waals surface area contributed by atoms with Crippen LogP contribution < -0.4 is 4.74 Å². The molecule has 1 aromatic carbocycles. The van der Waals surface area contributed by atoms with Crippen LogP contribution in [-0.4, -0.2) is 41.1 Å². The van der Waals surface area contributed by atoms with E-state index in [0.717, 1.165) is 24.2 Å². The average molecular weight is 305 g/mol. The van der Waals surface area contributed by atoms with E-state index in [4.69, 9.17) is 9.84 Å². The van der Waals surface area contributed by atoms with Gasteiger partial charge in [0.15, 0.2) is 0 Å². The summed E-state index contributed by atoms with van der Waals surface area (Å²) in [4.78, 5) is 24.7. The highest BCUT2D eigenvalue weighted by Gasteiger charge is 2.29. The Hall–Kier alpha value is -2.04. The molecule has 1 aliphatic rings. The van der Waals surface area contributed by atoms with Crippen molar-refractivity contribution in [2.75, 3.05) is 13.2 Å². The molecule has 0 bridgehead atoms. The second-order valence-corrected chi connectivity index (χ2v) is 5.70. The van der Waals surface area contributed by atoms with Crippen LogP contribution in [0.5, 0.6) is 5.75 Å². The summed E-state index contributed by atoms with van der Waals surface area (Å²) in [6.45, 7) is 3.16. The Kier molecular flexibility index (Phi) is 5.81. The first kappa shape index (κ1) is 16.3. The third-order valence-electron chi connectivity index (χ3n) is 3.99. The number of para-hydroxylation sites is 1. The van der Waals surface area contributed by atoms with Crippen LogP contribution in [0.15, 0.2) is 24.3 Å². The van der Waals surface area contributed by atoms with Crippen LogP contribution in [0, 0.1) is 6.92 Å². The SMILES string of the molecule is Cc1ccccc1OCCCC(=O)N1CCCC1CC(=O)O. The number of benzene rings is 1. The minimum absolute atomic E-state index is 0.0390. The highest BCUT2D eigenvalue weighted by Crippen LogP contribution is 2.21. The first-order valence-corrected chi connectivity index (χ1v) is 7.77. The number of carbonyl (C=O) groups is 2. The van der Waals surface area contributed by atoms with E-state index in [1.807, 2.05) is 31.2 Å². The fourth-order valence-electron chi connectivity index (χ4n) is 2.85. The number of carboxylic acid groups (broad SMARTS) is 1. The van der Waals surface area contributed by atoms with Gasteiger partial charge in [0.25, 0.3) is 0 Å². The lowest BCUT2D eigenvalue weighted by molar-refractivity contribution is -0.139. The minimum Gasteiger partial charge on any atom is -0.493 e. The number of hydrogen-bond donors (Lipinski definition) is 1. The van der Waals surface area contributed by atoms with Crippen molar-refractivity contribution in [3.05, 3.63) is 29.8 Å². The molecule has 0 saturated carbocycles. The van der Waals surface area contributed by atoms with Crippen molar-refractivity contribution in [2.45, 2.75) is 45.1 Å². The smallest absolute Gasteiger partial charge is 0.305 e. The van der Waals surface area contributed by atoms with Crippen LogP contribution in [0.25, 0.3) is 0 Å². The van der Waals surface area contributed by atoms with Gasteiger partial charge >= 0.3 is 5.97 Å². The molecule has 1 N–H and O–H groups in total. The molecule has 1 fully saturated rings. The molecule has 0 aromatic heterocycles. The number of amides is 1. The average Bonchev–Trinajstić information content (AvgIpc) is 2.92. The largest absolute Gasteiger partial charge is 0.493 e. The van der Waals surface area contributed by atoms with Crippen molar-refractivity contribution in [1.29, 1.82) is 0 Å². The van der Waals surface area contributed by atoms with Gasteiger partial charge in [-0.25, -0.2) is 0 Å². The molecule has 22 heavy (non-hydrogen) atoms.